The van der Waals surface area contributed by atoms with Gasteiger partial charge in [-0.15, -0.1) is 11.3 Å². The molecular formula is C23H25N3O4S2. The molecule has 3 aromatic rings. The SMILES string of the molecule is Cc1cccc(-c2csc(NC(=O)CNC(=O)c3ccc(C)c(S(=O)(=O)C(C)C)c3)n2)c1. The lowest BCUT2D eigenvalue weighted by atomic mass is 10.1. The topological polar surface area (TPSA) is 105 Å². The minimum atomic E-state index is -3.53. The first-order valence-electron chi connectivity index (χ1n) is 10.0. The van der Waals surface area contributed by atoms with Crippen LogP contribution in [0.2, 0.25) is 0 Å². The normalized spacial score (nSPS) is 11.4. The Morgan fingerprint density at radius 2 is 1.84 bits per heavy atom. The molecule has 1 aromatic heterocycles. The summed E-state index contributed by atoms with van der Waals surface area (Å²) in [6, 6.07) is 12.4. The maximum atomic E-state index is 12.5. The predicted octanol–water partition coefficient (Wildman–Crippen LogP) is 3.98. The van der Waals surface area contributed by atoms with Crippen LogP contribution >= 0.6 is 11.3 Å². The predicted molar refractivity (Wildman–Crippen MR) is 127 cm³/mol. The summed E-state index contributed by atoms with van der Waals surface area (Å²) in [5.41, 5.74) is 3.59. The van der Waals surface area contributed by atoms with E-state index in [1.54, 1.807) is 26.8 Å². The minimum absolute atomic E-state index is 0.121. The van der Waals surface area contributed by atoms with Crippen molar-refractivity contribution < 1.29 is 18.0 Å². The molecule has 0 fully saturated rings. The Morgan fingerprint density at radius 3 is 2.53 bits per heavy atom. The van der Waals surface area contributed by atoms with Crippen LogP contribution in [0.4, 0.5) is 5.13 Å². The van der Waals surface area contributed by atoms with Crippen molar-refractivity contribution in [1.29, 1.82) is 0 Å². The van der Waals surface area contributed by atoms with Crippen LogP contribution in [0.25, 0.3) is 11.3 Å². The van der Waals surface area contributed by atoms with E-state index in [-0.39, 0.29) is 17.0 Å². The number of hydrogen-bond donors (Lipinski definition) is 2. The van der Waals surface area contributed by atoms with Crippen LogP contribution in [0.15, 0.2) is 52.7 Å². The standard InChI is InChI=1S/C23H25N3O4S2/c1-14(2)32(29,30)20-11-18(9-8-16(20)4)22(28)24-12-21(27)26-23-25-19(13-31-23)17-7-5-6-15(3)10-17/h5-11,13-14H,12H2,1-4H3,(H,24,28)(H,25,26,27). The zero-order valence-corrected chi connectivity index (χ0v) is 19.9. The van der Waals surface area contributed by atoms with Crippen molar-refractivity contribution in [2.75, 3.05) is 11.9 Å². The van der Waals surface area contributed by atoms with Crippen LogP contribution < -0.4 is 10.6 Å². The third kappa shape index (κ3) is 5.41. The molecule has 3 rings (SSSR count). The quantitative estimate of drug-likeness (QED) is 0.542. The average Bonchev–Trinajstić information content (AvgIpc) is 3.20. The summed E-state index contributed by atoms with van der Waals surface area (Å²) in [6.45, 7) is 6.60. The van der Waals surface area contributed by atoms with E-state index in [1.807, 2.05) is 36.6 Å². The number of hydrogen-bond acceptors (Lipinski definition) is 6. The molecule has 0 saturated carbocycles. The van der Waals surface area contributed by atoms with Gasteiger partial charge >= 0.3 is 0 Å². The molecule has 2 aromatic carbocycles. The molecule has 0 aliphatic carbocycles. The van der Waals surface area contributed by atoms with Gasteiger partial charge in [-0.2, -0.15) is 0 Å². The number of sulfone groups is 1. The van der Waals surface area contributed by atoms with Gasteiger partial charge in [0.05, 0.1) is 22.4 Å². The summed E-state index contributed by atoms with van der Waals surface area (Å²) in [5, 5.41) is 6.88. The molecule has 0 spiro atoms. The molecule has 2 amide bonds. The fourth-order valence-electron chi connectivity index (χ4n) is 3.00. The van der Waals surface area contributed by atoms with Crippen LogP contribution in [0, 0.1) is 13.8 Å². The number of aromatic nitrogens is 1. The van der Waals surface area contributed by atoms with E-state index >= 15 is 0 Å². The zero-order valence-electron chi connectivity index (χ0n) is 18.3. The number of aryl methyl sites for hydroxylation is 2. The highest BCUT2D eigenvalue weighted by Gasteiger charge is 2.23. The lowest BCUT2D eigenvalue weighted by Gasteiger charge is -2.12. The van der Waals surface area contributed by atoms with E-state index < -0.39 is 26.9 Å². The fraction of sp³-hybridized carbons (Fsp3) is 0.261. The van der Waals surface area contributed by atoms with Gasteiger partial charge < -0.3 is 10.6 Å². The Labute approximate surface area is 191 Å². The highest BCUT2D eigenvalue weighted by atomic mass is 32.2. The molecule has 0 bridgehead atoms. The summed E-state index contributed by atoms with van der Waals surface area (Å²) in [5.74, 6) is -0.953. The average molecular weight is 472 g/mol. The number of rotatable bonds is 7. The second-order valence-electron chi connectivity index (χ2n) is 7.71. The van der Waals surface area contributed by atoms with Gasteiger partial charge in [0.15, 0.2) is 15.0 Å². The van der Waals surface area contributed by atoms with Crippen molar-refractivity contribution in [3.05, 3.63) is 64.5 Å². The third-order valence-electron chi connectivity index (χ3n) is 4.85. The smallest absolute Gasteiger partial charge is 0.251 e. The van der Waals surface area contributed by atoms with E-state index in [0.717, 1.165) is 16.8 Å². The summed E-state index contributed by atoms with van der Waals surface area (Å²) >= 11 is 1.30. The fourth-order valence-corrected chi connectivity index (χ4v) is 5.05. The molecule has 0 saturated heterocycles. The maximum Gasteiger partial charge on any atom is 0.251 e. The largest absolute Gasteiger partial charge is 0.343 e. The number of amides is 2. The van der Waals surface area contributed by atoms with Gasteiger partial charge in [0.2, 0.25) is 5.91 Å². The van der Waals surface area contributed by atoms with Gasteiger partial charge in [-0.3, -0.25) is 9.59 Å². The zero-order chi connectivity index (χ0) is 23.5. The number of anilines is 1. The Morgan fingerprint density at radius 1 is 1.09 bits per heavy atom. The van der Waals surface area contributed by atoms with E-state index in [1.165, 1.54) is 23.5 Å². The van der Waals surface area contributed by atoms with Crippen molar-refractivity contribution in [1.82, 2.24) is 10.3 Å². The third-order valence-corrected chi connectivity index (χ3v) is 7.90. The van der Waals surface area contributed by atoms with Crippen LogP contribution in [0.3, 0.4) is 0 Å². The Kier molecular flexibility index (Phi) is 7.10. The molecule has 0 radical (unpaired) electrons. The van der Waals surface area contributed by atoms with Gasteiger partial charge in [0.1, 0.15) is 0 Å². The molecule has 7 nitrogen and oxygen atoms in total. The first-order valence-corrected chi connectivity index (χ1v) is 12.5. The van der Waals surface area contributed by atoms with Crippen LogP contribution in [-0.2, 0) is 14.6 Å². The van der Waals surface area contributed by atoms with Crippen molar-refractivity contribution >= 4 is 38.1 Å². The molecular weight excluding hydrogens is 446 g/mol. The minimum Gasteiger partial charge on any atom is -0.343 e. The molecule has 2 N–H and O–H groups in total. The molecule has 0 aliphatic rings. The monoisotopic (exact) mass is 471 g/mol. The first-order chi connectivity index (χ1) is 15.1. The Balaban J connectivity index is 1.63. The van der Waals surface area contributed by atoms with E-state index in [2.05, 4.69) is 15.6 Å². The maximum absolute atomic E-state index is 12.5. The molecule has 32 heavy (non-hydrogen) atoms. The number of carbonyl (C=O) groups is 2. The van der Waals surface area contributed by atoms with Gasteiger partial charge in [0.25, 0.3) is 5.91 Å². The van der Waals surface area contributed by atoms with Crippen LogP contribution in [0.1, 0.15) is 35.3 Å². The first kappa shape index (κ1) is 23.6. The van der Waals surface area contributed by atoms with Gasteiger partial charge in [-0.25, -0.2) is 13.4 Å². The molecule has 168 valence electrons. The number of thiazole rings is 1. The summed E-state index contributed by atoms with van der Waals surface area (Å²) in [4.78, 5) is 29.3. The summed E-state index contributed by atoms with van der Waals surface area (Å²) in [7, 11) is -3.53. The second-order valence-corrected chi connectivity index (χ2v) is 11.0. The lowest BCUT2D eigenvalue weighted by molar-refractivity contribution is -0.115. The summed E-state index contributed by atoms with van der Waals surface area (Å²) < 4.78 is 25.0. The highest BCUT2D eigenvalue weighted by Crippen LogP contribution is 2.25. The molecule has 9 heteroatoms. The van der Waals surface area contributed by atoms with Crippen molar-refractivity contribution in [3.63, 3.8) is 0 Å². The van der Waals surface area contributed by atoms with Crippen molar-refractivity contribution in [3.8, 4) is 11.3 Å². The molecule has 1 heterocycles. The van der Waals surface area contributed by atoms with E-state index in [9.17, 15) is 18.0 Å². The van der Waals surface area contributed by atoms with Gasteiger partial charge in [-0.1, -0.05) is 29.8 Å². The highest BCUT2D eigenvalue weighted by molar-refractivity contribution is 7.92. The van der Waals surface area contributed by atoms with E-state index in [4.69, 9.17) is 0 Å². The number of nitrogens with one attached hydrogen (secondary N) is 2. The molecule has 0 unspecified atom stereocenters. The molecule has 0 atom stereocenters. The van der Waals surface area contributed by atoms with Crippen molar-refractivity contribution in [2.24, 2.45) is 0 Å². The number of benzene rings is 2. The second kappa shape index (κ2) is 9.62. The van der Waals surface area contributed by atoms with Crippen LogP contribution in [-0.4, -0.2) is 37.0 Å². The molecule has 0 aliphatic heterocycles. The van der Waals surface area contributed by atoms with Gasteiger partial charge in [-0.05, 0) is 51.5 Å². The number of carbonyl (C=O) groups excluding carboxylic acids is 2. The van der Waals surface area contributed by atoms with E-state index in [0.29, 0.717) is 10.7 Å². The Hall–Kier alpha value is -3.04. The van der Waals surface area contributed by atoms with Gasteiger partial charge in [0, 0.05) is 16.5 Å². The van der Waals surface area contributed by atoms with Crippen LogP contribution in [0.5, 0.6) is 0 Å². The summed E-state index contributed by atoms with van der Waals surface area (Å²) in [6.07, 6.45) is 0. The Bertz CT molecular complexity index is 1260. The lowest BCUT2D eigenvalue weighted by Crippen LogP contribution is -2.33. The number of nitrogens with zero attached hydrogens (tertiary/aromatic N) is 1. The van der Waals surface area contributed by atoms with Crippen molar-refractivity contribution in [2.45, 2.75) is 37.8 Å².